The molecule has 0 aliphatic carbocycles. The number of hydrogen-bond donors (Lipinski definition) is 4. The third-order valence-electron chi connectivity index (χ3n) is 14.4. The highest BCUT2D eigenvalue weighted by Gasteiger charge is 2.20. The van der Waals surface area contributed by atoms with Crippen LogP contribution >= 0.6 is 21.6 Å². The second-order valence-electron chi connectivity index (χ2n) is 22.1. The van der Waals surface area contributed by atoms with Gasteiger partial charge in [0.05, 0.1) is 50.8 Å². The van der Waals surface area contributed by atoms with Gasteiger partial charge in [0.15, 0.2) is 0 Å². The molecule has 20 heteroatoms. The van der Waals surface area contributed by atoms with Gasteiger partial charge in [-0.15, -0.1) is 0 Å². The second kappa shape index (κ2) is 54.4. The van der Waals surface area contributed by atoms with Crippen molar-refractivity contribution in [3.8, 4) is 0 Å². The van der Waals surface area contributed by atoms with Crippen molar-refractivity contribution < 1.29 is 68.1 Å². The fraction of sp³-hybridized carbons (Fsp3) is 0.918. The van der Waals surface area contributed by atoms with Crippen LogP contribution in [0.3, 0.4) is 0 Å². The fourth-order valence-corrected chi connectivity index (χ4v) is 11.4. The van der Waals surface area contributed by atoms with E-state index in [9.17, 15) is 44.4 Å². The van der Waals surface area contributed by atoms with Crippen LogP contribution in [0.2, 0.25) is 0 Å². The quantitative estimate of drug-likeness (QED) is 0.0193. The zero-order valence-electron chi connectivity index (χ0n) is 51.2. The molecule has 4 unspecified atom stereocenters. The number of piperazine rings is 1. The van der Waals surface area contributed by atoms with Crippen LogP contribution in [0.1, 0.15) is 214 Å². The van der Waals surface area contributed by atoms with E-state index in [0.717, 1.165) is 128 Å². The maximum Gasteiger partial charge on any atom is 0.305 e. The number of hydrogen-bond acceptors (Lipinski definition) is 20. The molecule has 0 spiro atoms. The number of carbonyl (C=O) groups is 5. The van der Waals surface area contributed by atoms with Gasteiger partial charge in [0.1, 0.15) is 6.61 Å². The lowest BCUT2D eigenvalue weighted by atomic mass is 10.1. The Balaban J connectivity index is 2.39. The van der Waals surface area contributed by atoms with E-state index in [0.29, 0.717) is 181 Å². The van der Waals surface area contributed by atoms with E-state index in [1.54, 1.807) is 0 Å². The van der Waals surface area contributed by atoms with Gasteiger partial charge in [0.2, 0.25) is 0 Å². The molecule has 0 bridgehead atoms. The van der Waals surface area contributed by atoms with E-state index in [-0.39, 0.29) is 29.8 Å². The molecule has 0 saturated carbocycles. The van der Waals surface area contributed by atoms with Crippen LogP contribution in [0.5, 0.6) is 0 Å². The highest BCUT2D eigenvalue weighted by molar-refractivity contribution is 8.76. The van der Waals surface area contributed by atoms with Crippen molar-refractivity contribution in [1.29, 1.82) is 0 Å². The van der Waals surface area contributed by atoms with E-state index >= 15 is 0 Å². The maximum absolute atomic E-state index is 12.7. The molecule has 4 atom stereocenters. The van der Waals surface area contributed by atoms with Gasteiger partial charge in [-0.05, 0) is 116 Å². The van der Waals surface area contributed by atoms with Gasteiger partial charge in [-0.25, -0.2) is 0 Å². The van der Waals surface area contributed by atoms with Gasteiger partial charge < -0.3 is 44.1 Å². The minimum Gasteiger partial charge on any atom is -0.466 e. The third-order valence-corrected chi connectivity index (χ3v) is 16.8. The molecular formula is C61H116N4O14S2. The third kappa shape index (κ3) is 48.6. The summed E-state index contributed by atoms with van der Waals surface area (Å²) in [6.07, 6.45) is 17.8. The molecule has 0 radical (unpaired) electrons. The van der Waals surface area contributed by atoms with Crippen molar-refractivity contribution in [2.45, 2.75) is 238 Å². The summed E-state index contributed by atoms with van der Waals surface area (Å²) >= 11 is 0. The Hall–Kier alpha value is -2.27. The van der Waals surface area contributed by atoms with Crippen LogP contribution < -0.4 is 0 Å². The molecule has 476 valence electrons. The van der Waals surface area contributed by atoms with Crippen LogP contribution in [0.4, 0.5) is 0 Å². The lowest BCUT2D eigenvalue weighted by Crippen LogP contribution is -2.47. The number of nitrogens with zero attached hydrogens (tertiary/aromatic N) is 4. The Labute approximate surface area is 498 Å². The zero-order chi connectivity index (χ0) is 59.4. The van der Waals surface area contributed by atoms with Crippen LogP contribution in [-0.2, 0) is 47.7 Å². The van der Waals surface area contributed by atoms with Gasteiger partial charge in [0, 0.05) is 109 Å². The van der Waals surface area contributed by atoms with Crippen molar-refractivity contribution in [3.05, 3.63) is 0 Å². The monoisotopic (exact) mass is 1190 g/mol. The van der Waals surface area contributed by atoms with E-state index < -0.39 is 24.4 Å². The molecule has 0 aromatic carbocycles. The first kappa shape index (κ1) is 76.7. The molecular weight excluding hydrogens is 1080 g/mol. The van der Waals surface area contributed by atoms with Crippen molar-refractivity contribution in [1.82, 2.24) is 19.6 Å². The number of rotatable bonds is 57. The summed E-state index contributed by atoms with van der Waals surface area (Å²) in [5, 5.41) is 43.7. The Morgan fingerprint density at radius 2 is 0.654 bits per heavy atom. The SMILES string of the molecule is CCCCOC(=O)CCCCC(O)CN(CCCCSSCCN1CCN(CCOC(=O)CCCCN(CC(O)CCCCC(=O)OCCCC)CC(O)CCCCC(=O)OCCCC)CC1)CC(O)CCCCC(=O)OCCCC. The van der Waals surface area contributed by atoms with Crippen LogP contribution in [0, 0.1) is 0 Å². The summed E-state index contributed by atoms with van der Waals surface area (Å²) in [6, 6.07) is 0. The first-order valence-electron chi connectivity index (χ1n) is 31.9. The number of aliphatic hydroxyl groups excluding tert-OH is 4. The van der Waals surface area contributed by atoms with E-state index in [4.69, 9.17) is 23.7 Å². The lowest BCUT2D eigenvalue weighted by Gasteiger charge is -2.34. The Bertz CT molecular complexity index is 1460. The second-order valence-corrected chi connectivity index (χ2v) is 24.8. The Morgan fingerprint density at radius 1 is 0.370 bits per heavy atom. The minimum atomic E-state index is -0.615. The number of aliphatic hydroxyl groups is 4. The number of esters is 5. The fourth-order valence-electron chi connectivity index (χ4n) is 9.26. The summed E-state index contributed by atoms with van der Waals surface area (Å²) in [7, 11) is 3.80. The standard InChI is InChI=1S/C61H116N4O14S2/c1-5-9-42-75-57(70)29-17-13-25-53(66)49-64(50-54(67)26-14-18-30-58(71)76-43-10-6-2)34-22-21-33-61(74)79-46-40-62-36-38-63(39-37-62)41-48-81-80-47-24-23-35-65(51-55(68)27-15-19-31-59(72)77-44-11-7-3)52-56(69)28-16-20-32-60(73)78-45-12-8-4/h53-56,66-69H,5-52H2,1-4H3. The van der Waals surface area contributed by atoms with Gasteiger partial charge in [-0.3, -0.25) is 43.6 Å². The molecule has 1 saturated heterocycles. The van der Waals surface area contributed by atoms with E-state index in [2.05, 4.69) is 33.4 Å². The predicted octanol–water partition coefficient (Wildman–Crippen LogP) is 9.14. The molecule has 1 aliphatic rings. The van der Waals surface area contributed by atoms with Crippen molar-refractivity contribution in [2.24, 2.45) is 0 Å². The molecule has 1 aliphatic heterocycles. The first-order chi connectivity index (χ1) is 39.3. The largest absolute Gasteiger partial charge is 0.466 e. The zero-order valence-corrected chi connectivity index (χ0v) is 52.9. The topological polar surface area (TPSA) is 225 Å². The highest BCUT2D eigenvalue weighted by Crippen LogP contribution is 2.23. The molecule has 1 heterocycles. The van der Waals surface area contributed by atoms with Crippen LogP contribution in [0.25, 0.3) is 0 Å². The van der Waals surface area contributed by atoms with Crippen molar-refractivity contribution >= 4 is 51.4 Å². The predicted molar refractivity (Wildman–Crippen MR) is 326 cm³/mol. The van der Waals surface area contributed by atoms with Gasteiger partial charge >= 0.3 is 29.8 Å². The normalized spacial score (nSPS) is 14.7. The molecule has 0 amide bonds. The Kier molecular flexibility index (Phi) is 51.5. The molecule has 4 N–H and O–H groups in total. The molecule has 18 nitrogen and oxygen atoms in total. The summed E-state index contributed by atoms with van der Waals surface area (Å²) in [6.45, 7) is 19.0. The van der Waals surface area contributed by atoms with Gasteiger partial charge in [-0.2, -0.15) is 0 Å². The summed E-state index contributed by atoms with van der Waals surface area (Å²) in [5.74, 6) is 1.09. The van der Waals surface area contributed by atoms with Gasteiger partial charge in [-0.1, -0.05) is 101 Å². The lowest BCUT2D eigenvalue weighted by molar-refractivity contribution is -0.145. The first-order valence-corrected chi connectivity index (χ1v) is 34.4. The molecule has 1 rings (SSSR count). The highest BCUT2D eigenvalue weighted by atomic mass is 33.1. The number of carbonyl (C=O) groups excluding carboxylic acids is 5. The summed E-state index contributed by atoms with van der Waals surface area (Å²) < 4.78 is 26.6. The van der Waals surface area contributed by atoms with Crippen LogP contribution in [-0.4, -0.2) is 217 Å². The minimum absolute atomic E-state index is 0.177. The maximum atomic E-state index is 12.7. The number of ether oxygens (including phenoxy) is 5. The van der Waals surface area contributed by atoms with Crippen LogP contribution in [0.15, 0.2) is 0 Å². The van der Waals surface area contributed by atoms with E-state index in [1.807, 2.05) is 35.4 Å². The molecule has 1 fully saturated rings. The summed E-state index contributed by atoms with van der Waals surface area (Å²) in [5.41, 5.74) is 0. The van der Waals surface area contributed by atoms with E-state index in [1.165, 1.54) is 0 Å². The molecule has 0 aromatic rings. The Morgan fingerprint density at radius 3 is 0.988 bits per heavy atom. The van der Waals surface area contributed by atoms with Crippen molar-refractivity contribution in [3.63, 3.8) is 0 Å². The average Bonchev–Trinajstić information content (AvgIpc) is 3.43. The smallest absolute Gasteiger partial charge is 0.305 e. The molecule has 81 heavy (non-hydrogen) atoms. The van der Waals surface area contributed by atoms with Crippen molar-refractivity contribution in [2.75, 3.05) is 123 Å². The summed E-state index contributed by atoms with van der Waals surface area (Å²) in [4.78, 5) is 69.7. The molecule has 0 aromatic heterocycles. The average molecular weight is 1190 g/mol. The number of unbranched alkanes of at least 4 members (excludes halogenated alkanes) is 10. The van der Waals surface area contributed by atoms with Gasteiger partial charge in [0.25, 0.3) is 0 Å².